The highest BCUT2D eigenvalue weighted by atomic mass is 32.2. The van der Waals surface area contributed by atoms with Crippen molar-refractivity contribution >= 4 is 23.3 Å². The lowest BCUT2D eigenvalue weighted by Crippen LogP contribution is -2.17. The molecule has 3 nitrogen and oxygen atoms in total. The molecule has 0 radical (unpaired) electrons. The van der Waals surface area contributed by atoms with Crippen molar-refractivity contribution in [2.24, 2.45) is 0 Å². The summed E-state index contributed by atoms with van der Waals surface area (Å²) < 4.78 is 13.3. The highest BCUT2D eigenvalue weighted by molar-refractivity contribution is 7.98. The average Bonchev–Trinajstić information content (AvgIpc) is 2.73. The van der Waals surface area contributed by atoms with E-state index in [1.807, 2.05) is 18.4 Å². The van der Waals surface area contributed by atoms with Crippen molar-refractivity contribution in [3.05, 3.63) is 95.6 Å². The molecule has 1 atom stereocenters. The van der Waals surface area contributed by atoms with E-state index in [1.54, 1.807) is 48.2 Å². The topological polar surface area (TPSA) is 47.0 Å². The molecule has 0 N–H and O–H groups in total. The van der Waals surface area contributed by atoms with Crippen LogP contribution in [0.15, 0.2) is 78.0 Å². The second kappa shape index (κ2) is 8.73. The van der Waals surface area contributed by atoms with E-state index in [2.05, 4.69) is 4.98 Å². The standard InChI is InChI=1S/C22H18FNO2S/c1-27-19-8-4-16(5-9-19)21(25)14-20(15-2-6-18(23)7-3-15)22(26)17-10-12-24-13-11-17/h2-13,20H,14H2,1H3. The minimum Gasteiger partial charge on any atom is -0.294 e. The Labute approximate surface area is 161 Å². The Morgan fingerprint density at radius 2 is 1.56 bits per heavy atom. The fraction of sp³-hybridized carbons (Fsp3) is 0.136. The van der Waals surface area contributed by atoms with Gasteiger partial charge < -0.3 is 0 Å². The van der Waals surface area contributed by atoms with Gasteiger partial charge >= 0.3 is 0 Å². The molecule has 0 aliphatic carbocycles. The van der Waals surface area contributed by atoms with Crippen LogP contribution in [0.2, 0.25) is 0 Å². The average molecular weight is 379 g/mol. The van der Waals surface area contributed by atoms with Crippen LogP contribution in [0.3, 0.4) is 0 Å². The van der Waals surface area contributed by atoms with E-state index in [1.165, 1.54) is 24.5 Å². The highest BCUT2D eigenvalue weighted by Crippen LogP contribution is 2.27. The molecule has 3 aromatic rings. The minimum absolute atomic E-state index is 0.0192. The summed E-state index contributed by atoms with van der Waals surface area (Å²) in [7, 11) is 0. The maximum atomic E-state index is 13.3. The molecule has 0 aliphatic heterocycles. The molecule has 1 unspecified atom stereocenters. The zero-order chi connectivity index (χ0) is 19.2. The van der Waals surface area contributed by atoms with Gasteiger partial charge in [-0.15, -0.1) is 11.8 Å². The smallest absolute Gasteiger partial charge is 0.170 e. The van der Waals surface area contributed by atoms with E-state index >= 15 is 0 Å². The van der Waals surface area contributed by atoms with Crippen LogP contribution in [0.4, 0.5) is 4.39 Å². The summed E-state index contributed by atoms with van der Waals surface area (Å²) in [6.07, 6.45) is 5.07. The van der Waals surface area contributed by atoms with Crippen molar-refractivity contribution in [1.82, 2.24) is 4.98 Å². The molecule has 136 valence electrons. The number of carbonyl (C=O) groups excluding carboxylic acids is 2. The van der Waals surface area contributed by atoms with Crippen LogP contribution < -0.4 is 0 Å². The molecule has 27 heavy (non-hydrogen) atoms. The second-order valence-corrected chi connectivity index (χ2v) is 6.94. The highest BCUT2D eigenvalue weighted by Gasteiger charge is 2.25. The predicted octanol–water partition coefficient (Wildman–Crippen LogP) is 5.18. The molecule has 1 aromatic heterocycles. The number of benzene rings is 2. The first-order chi connectivity index (χ1) is 13.1. The molecule has 5 heteroatoms. The number of hydrogen-bond acceptors (Lipinski definition) is 4. The SMILES string of the molecule is CSc1ccc(C(=O)CC(C(=O)c2ccncc2)c2ccc(F)cc2)cc1. The number of pyridine rings is 1. The van der Waals surface area contributed by atoms with Crippen molar-refractivity contribution in [3.63, 3.8) is 0 Å². The molecule has 0 saturated heterocycles. The number of nitrogens with zero attached hydrogens (tertiary/aromatic N) is 1. The third-order valence-electron chi connectivity index (χ3n) is 4.36. The number of aromatic nitrogens is 1. The summed E-state index contributed by atoms with van der Waals surface area (Å²) in [6, 6.07) is 16.3. The van der Waals surface area contributed by atoms with Crippen molar-refractivity contribution in [3.8, 4) is 0 Å². The molecule has 0 aliphatic rings. The maximum Gasteiger partial charge on any atom is 0.170 e. The van der Waals surface area contributed by atoms with E-state index in [0.717, 1.165) is 4.90 Å². The molecule has 0 saturated carbocycles. The molecule has 0 fully saturated rings. The third-order valence-corrected chi connectivity index (χ3v) is 5.10. The van der Waals surface area contributed by atoms with E-state index < -0.39 is 5.92 Å². The van der Waals surface area contributed by atoms with Gasteiger partial charge in [0.25, 0.3) is 0 Å². The summed E-state index contributed by atoms with van der Waals surface area (Å²) in [4.78, 5) is 30.8. The Morgan fingerprint density at radius 1 is 0.926 bits per heavy atom. The van der Waals surface area contributed by atoms with E-state index in [9.17, 15) is 14.0 Å². The molecular weight excluding hydrogens is 361 g/mol. The summed E-state index contributed by atoms with van der Waals surface area (Å²) >= 11 is 1.60. The molecular formula is C22H18FNO2S. The Kier molecular flexibility index (Phi) is 6.14. The van der Waals surface area contributed by atoms with E-state index in [4.69, 9.17) is 0 Å². The van der Waals surface area contributed by atoms with Crippen LogP contribution in [0.25, 0.3) is 0 Å². The number of halogens is 1. The monoisotopic (exact) mass is 379 g/mol. The van der Waals surface area contributed by atoms with Gasteiger partial charge in [0.2, 0.25) is 0 Å². The predicted molar refractivity (Wildman–Crippen MR) is 105 cm³/mol. The Hall–Kier alpha value is -2.79. The number of Topliss-reactive ketones (excluding diaryl/α,β-unsaturated/α-hetero) is 2. The number of ketones is 2. The fourth-order valence-corrected chi connectivity index (χ4v) is 3.26. The molecule has 0 spiro atoms. The van der Waals surface area contributed by atoms with Crippen LogP contribution in [0.5, 0.6) is 0 Å². The van der Waals surface area contributed by atoms with Gasteiger partial charge in [0.1, 0.15) is 5.82 Å². The first kappa shape index (κ1) is 19.0. The Balaban J connectivity index is 1.90. The lowest BCUT2D eigenvalue weighted by molar-refractivity contribution is 0.0893. The van der Waals surface area contributed by atoms with Gasteiger partial charge in [-0.1, -0.05) is 24.3 Å². The molecule has 3 rings (SSSR count). The maximum absolute atomic E-state index is 13.3. The van der Waals surface area contributed by atoms with E-state index in [-0.39, 0.29) is 23.8 Å². The second-order valence-electron chi connectivity index (χ2n) is 6.06. The van der Waals surface area contributed by atoms with Crippen LogP contribution in [-0.4, -0.2) is 22.8 Å². The van der Waals surface area contributed by atoms with Gasteiger partial charge in [-0.05, 0) is 48.2 Å². The molecule has 0 amide bonds. The van der Waals surface area contributed by atoms with Gasteiger partial charge in [-0.2, -0.15) is 0 Å². The third kappa shape index (κ3) is 4.68. The van der Waals surface area contributed by atoms with Gasteiger partial charge in [0.15, 0.2) is 11.6 Å². The largest absolute Gasteiger partial charge is 0.294 e. The van der Waals surface area contributed by atoms with Crippen molar-refractivity contribution < 1.29 is 14.0 Å². The fourth-order valence-electron chi connectivity index (χ4n) is 2.85. The van der Waals surface area contributed by atoms with E-state index in [0.29, 0.717) is 16.7 Å². The number of rotatable bonds is 7. The van der Waals surface area contributed by atoms with Gasteiger partial charge in [-0.25, -0.2) is 4.39 Å². The summed E-state index contributed by atoms with van der Waals surface area (Å²) in [5, 5.41) is 0. The first-order valence-electron chi connectivity index (χ1n) is 8.45. The summed E-state index contributed by atoms with van der Waals surface area (Å²) in [5.74, 6) is -1.37. The van der Waals surface area contributed by atoms with Gasteiger partial charge in [-0.3, -0.25) is 14.6 Å². The molecule has 2 aromatic carbocycles. The normalized spacial score (nSPS) is 11.8. The Bertz CT molecular complexity index is 925. The number of carbonyl (C=O) groups is 2. The van der Waals surface area contributed by atoms with Crippen LogP contribution in [-0.2, 0) is 0 Å². The first-order valence-corrected chi connectivity index (χ1v) is 9.68. The lowest BCUT2D eigenvalue weighted by atomic mass is 9.85. The molecule has 1 heterocycles. The van der Waals surface area contributed by atoms with Crippen LogP contribution in [0.1, 0.15) is 38.6 Å². The summed E-state index contributed by atoms with van der Waals surface area (Å²) in [6.45, 7) is 0. The molecule has 0 bridgehead atoms. The zero-order valence-electron chi connectivity index (χ0n) is 14.8. The van der Waals surface area contributed by atoms with Crippen molar-refractivity contribution in [2.45, 2.75) is 17.2 Å². The number of thioether (sulfide) groups is 1. The zero-order valence-corrected chi connectivity index (χ0v) is 15.6. The minimum atomic E-state index is -0.680. The van der Waals surface area contributed by atoms with Gasteiger partial charge in [0.05, 0.1) is 5.92 Å². The Morgan fingerprint density at radius 3 is 2.15 bits per heavy atom. The quantitative estimate of drug-likeness (QED) is 0.419. The van der Waals surface area contributed by atoms with Crippen LogP contribution >= 0.6 is 11.8 Å². The van der Waals surface area contributed by atoms with Crippen molar-refractivity contribution in [2.75, 3.05) is 6.26 Å². The van der Waals surface area contributed by atoms with Crippen LogP contribution in [0, 0.1) is 5.82 Å². The van der Waals surface area contributed by atoms with Crippen molar-refractivity contribution in [1.29, 1.82) is 0 Å². The summed E-state index contributed by atoms with van der Waals surface area (Å²) in [5.41, 5.74) is 1.65. The lowest BCUT2D eigenvalue weighted by Gasteiger charge is -2.16. The van der Waals surface area contributed by atoms with Gasteiger partial charge in [0, 0.05) is 34.8 Å². The number of hydrogen-bond donors (Lipinski definition) is 0.